The van der Waals surface area contributed by atoms with Crippen LogP contribution in [0.1, 0.15) is 40.5 Å². The van der Waals surface area contributed by atoms with E-state index in [-0.39, 0.29) is 5.91 Å². The van der Waals surface area contributed by atoms with Crippen molar-refractivity contribution in [1.82, 2.24) is 14.8 Å². The zero-order valence-electron chi connectivity index (χ0n) is 20.2. The van der Waals surface area contributed by atoms with Crippen LogP contribution in [0.15, 0.2) is 47.8 Å². The number of benzene rings is 2. The van der Waals surface area contributed by atoms with Gasteiger partial charge < -0.3 is 14.4 Å². The van der Waals surface area contributed by atoms with Gasteiger partial charge in [0.15, 0.2) is 11.5 Å². The highest BCUT2D eigenvalue weighted by molar-refractivity contribution is 7.09. The number of halogens is 1. The second kappa shape index (κ2) is 12.7. The number of carbonyl (C=O) groups excluding carboxylic acids is 1. The molecule has 0 spiro atoms. The van der Waals surface area contributed by atoms with Crippen LogP contribution in [-0.2, 0) is 19.5 Å². The van der Waals surface area contributed by atoms with Crippen molar-refractivity contribution in [3.8, 4) is 11.5 Å². The Morgan fingerprint density at radius 2 is 1.65 bits per heavy atom. The number of carbonyl (C=O) groups is 1. The van der Waals surface area contributed by atoms with Gasteiger partial charge in [0.05, 0.1) is 20.8 Å². The molecule has 0 aliphatic carbocycles. The molecule has 0 bridgehead atoms. The predicted octanol–water partition coefficient (Wildman–Crippen LogP) is 5.54. The Morgan fingerprint density at radius 3 is 2.29 bits per heavy atom. The molecule has 6 nitrogen and oxygen atoms in total. The summed E-state index contributed by atoms with van der Waals surface area (Å²) in [6, 6.07) is 13.9. The fourth-order valence-electron chi connectivity index (χ4n) is 3.73. The normalized spacial score (nSPS) is 11.0. The Hall–Kier alpha value is -2.61. The first kappa shape index (κ1) is 26.0. The van der Waals surface area contributed by atoms with E-state index in [2.05, 4.69) is 16.0 Å². The maximum atomic E-state index is 12.7. The third-order valence-electron chi connectivity index (χ3n) is 5.66. The SMILES string of the molecule is CCN(CC)C(=O)c1csc(CN(CCc2ccc(OC)c(OC)c2)Cc2ccc(Cl)cc2)n1. The van der Waals surface area contributed by atoms with E-state index in [1.807, 2.05) is 55.6 Å². The standard InChI is InChI=1S/C26H32ClN3O3S/c1-5-30(6-2)26(31)22-18-34-25(28-22)17-29(16-20-7-10-21(27)11-8-20)14-13-19-9-12-23(32-3)24(15-19)33-4/h7-12,15,18H,5-6,13-14,16-17H2,1-4H3. The van der Waals surface area contributed by atoms with Gasteiger partial charge in [-0.1, -0.05) is 29.8 Å². The number of nitrogens with zero attached hydrogens (tertiary/aromatic N) is 3. The van der Waals surface area contributed by atoms with Crippen molar-refractivity contribution < 1.29 is 14.3 Å². The topological polar surface area (TPSA) is 54.9 Å². The molecule has 3 aromatic rings. The van der Waals surface area contributed by atoms with Crippen molar-refractivity contribution >= 4 is 28.8 Å². The van der Waals surface area contributed by atoms with E-state index >= 15 is 0 Å². The summed E-state index contributed by atoms with van der Waals surface area (Å²) < 4.78 is 10.8. The van der Waals surface area contributed by atoms with Crippen molar-refractivity contribution in [3.63, 3.8) is 0 Å². The summed E-state index contributed by atoms with van der Waals surface area (Å²) in [5.74, 6) is 1.43. The second-order valence-electron chi connectivity index (χ2n) is 7.88. The van der Waals surface area contributed by atoms with Crippen LogP contribution < -0.4 is 9.47 Å². The van der Waals surface area contributed by atoms with E-state index in [1.54, 1.807) is 19.1 Å². The number of ether oxygens (including phenoxy) is 2. The maximum Gasteiger partial charge on any atom is 0.273 e. The number of methoxy groups -OCH3 is 2. The maximum absolute atomic E-state index is 12.7. The number of thiazole rings is 1. The van der Waals surface area contributed by atoms with Crippen molar-refractivity contribution in [2.24, 2.45) is 0 Å². The van der Waals surface area contributed by atoms with E-state index in [0.717, 1.165) is 46.6 Å². The summed E-state index contributed by atoms with van der Waals surface area (Å²) in [5.41, 5.74) is 2.86. The smallest absolute Gasteiger partial charge is 0.273 e. The summed E-state index contributed by atoms with van der Waals surface area (Å²) in [4.78, 5) is 21.5. The third kappa shape index (κ3) is 6.95. The molecule has 0 radical (unpaired) electrons. The Morgan fingerprint density at radius 1 is 0.971 bits per heavy atom. The highest BCUT2D eigenvalue weighted by Gasteiger charge is 2.18. The van der Waals surface area contributed by atoms with Gasteiger partial charge in [-0.2, -0.15) is 0 Å². The summed E-state index contributed by atoms with van der Waals surface area (Å²) in [6.07, 6.45) is 0.838. The van der Waals surface area contributed by atoms with Gasteiger partial charge in [0, 0.05) is 36.6 Å². The van der Waals surface area contributed by atoms with Crippen LogP contribution in [-0.4, -0.2) is 54.5 Å². The molecule has 1 heterocycles. The van der Waals surface area contributed by atoms with Gasteiger partial charge in [-0.15, -0.1) is 11.3 Å². The third-order valence-corrected chi connectivity index (χ3v) is 6.75. The first-order valence-electron chi connectivity index (χ1n) is 11.4. The van der Waals surface area contributed by atoms with Crippen LogP contribution in [0.25, 0.3) is 0 Å². The minimum Gasteiger partial charge on any atom is -0.493 e. The summed E-state index contributed by atoms with van der Waals surface area (Å²) in [7, 11) is 3.28. The molecular formula is C26H32ClN3O3S. The lowest BCUT2D eigenvalue weighted by Crippen LogP contribution is -2.30. The molecule has 0 fully saturated rings. The second-order valence-corrected chi connectivity index (χ2v) is 9.26. The Kier molecular flexibility index (Phi) is 9.74. The van der Waals surface area contributed by atoms with Gasteiger partial charge in [0.2, 0.25) is 0 Å². The molecule has 182 valence electrons. The fraction of sp³-hybridized carbons (Fsp3) is 0.385. The van der Waals surface area contributed by atoms with Crippen LogP contribution >= 0.6 is 22.9 Å². The van der Waals surface area contributed by atoms with E-state index in [0.29, 0.717) is 25.3 Å². The van der Waals surface area contributed by atoms with Crippen LogP contribution in [0.3, 0.4) is 0 Å². The van der Waals surface area contributed by atoms with E-state index < -0.39 is 0 Å². The molecule has 1 amide bonds. The van der Waals surface area contributed by atoms with Crippen LogP contribution in [0, 0.1) is 0 Å². The predicted molar refractivity (Wildman–Crippen MR) is 138 cm³/mol. The molecule has 0 atom stereocenters. The van der Waals surface area contributed by atoms with E-state index in [4.69, 9.17) is 21.1 Å². The number of hydrogen-bond acceptors (Lipinski definition) is 6. The molecular weight excluding hydrogens is 470 g/mol. The minimum atomic E-state index is -0.0120. The van der Waals surface area contributed by atoms with E-state index in [1.165, 1.54) is 16.9 Å². The zero-order chi connectivity index (χ0) is 24.5. The van der Waals surface area contributed by atoms with Crippen molar-refractivity contribution in [2.45, 2.75) is 33.4 Å². The van der Waals surface area contributed by atoms with Gasteiger partial charge in [-0.05, 0) is 55.7 Å². The van der Waals surface area contributed by atoms with Gasteiger partial charge >= 0.3 is 0 Å². The molecule has 1 aromatic heterocycles. The highest BCUT2D eigenvalue weighted by atomic mass is 35.5. The van der Waals surface area contributed by atoms with E-state index in [9.17, 15) is 4.79 Å². The minimum absolute atomic E-state index is 0.0120. The lowest BCUT2D eigenvalue weighted by atomic mass is 10.1. The number of amides is 1. The molecule has 8 heteroatoms. The van der Waals surface area contributed by atoms with Crippen molar-refractivity contribution in [2.75, 3.05) is 33.9 Å². The van der Waals surface area contributed by atoms with Gasteiger partial charge in [0.1, 0.15) is 10.7 Å². The number of hydrogen-bond donors (Lipinski definition) is 0. The summed E-state index contributed by atoms with van der Waals surface area (Å²) in [6.45, 7) is 7.55. The highest BCUT2D eigenvalue weighted by Crippen LogP contribution is 2.28. The Bertz CT molecular complexity index is 1070. The molecule has 34 heavy (non-hydrogen) atoms. The number of rotatable bonds is 12. The molecule has 3 rings (SSSR count). The summed E-state index contributed by atoms with van der Waals surface area (Å²) in [5, 5.41) is 3.52. The molecule has 2 aromatic carbocycles. The fourth-order valence-corrected chi connectivity index (χ4v) is 4.67. The Balaban J connectivity index is 1.75. The quantitative estimate of drug-likeness (QED) is 0.326. The molecule has 0 unspecified atom stereocenters. The zero-order valence-corrected chi connectivity index (χ0v) is 21.8. The van der Waals surface area contributed by atoms with Gasteiger partial charge in [0.25, 0.3) is 5.91 Å². The van der Waals surface area contributed by atoms with Crippen molar-refractivity contribution in [1.29, 1.82) is 0 Å². The lowest BCUT2D eigenvalue weighted by molar-refractivity contribution is 0.0767. The first-order valence-corrected chi connectivity index (χ1v) is 12.6. The molecule has 0 aliphatic rings. The average Bonchev–Trinajstić information content (AvgIpc) is 3.32. The number of aromatic nitrogens is 1. The van der Waals surface area contributed by atoms with Crippen molar-refractivity contribution in [3.05, 3.63) is 74.7 Å². The van der Waals surface area contributed by atoms with Crippen LogP contribution in [0.5, 0.6) is 11.5 Å². The average molecular weight is 502 g/mol. The molecule has 0 N–H and O–H groups in total. The molecule has 0 aliphatic heterocycles. The first-order chi connectivity index (χ1) is 16.5. The Labute approximate surface area is 211 Å². The molecule has 0 saturated heterocycles. The van der Waals surface area contributed by atoms with Crippen LogP contribution in [0.2, 0.25) is 5.02 Å². The summed E-state index contributed by atoms with van der Waals surface area (Å²) >= 11 is 7.61. The lowest BCUT2D eigenvalue weighted by Gasteiger charge is -2.22. The molecule has 0 saturated carbocycles. The van der Waals surface area contributed by atoms with Gasteiger partial charge in [-0.25, -0.2) is 4.98 Å². The van der Waals surface area contributed by atoms with Gasteiger partial charge in [-0.3, -0.25) is 9.69 Å². The van der Waals surface area contributed by atoms with Crippen LogP contribution in [0.4, 0.5) is 0 Å². The largest absolute Gasteiger partial charge is 0.493 e. The monoisotopic (exact) mass is 501 g/mol.